The molecule has 4 nitrogen and oxygen atoms in total. The standard InChI is InChI=1S/C20H20F5N3O/c1-12-16(13-3-5-14(6-4-13)20(24,25)15-7-8-15)28-11-27(18(29)17(28)26-12)10-2-9-19(21,22)23/h3-6,15H,2,7-11H2,1H3. The fourth-order valence-electron chi connectivity index (χ4n) is 3.79. The minimum absolute atomic E-state index is 0.0211. The largest absolute Gasteiger partial charge is 0.389 e. The number of nitrogens with zero attached hydrogens (tertiary/aromatic N) is 3. The number of hydrogen-bond donors (Lipinski definition) is 0. The van der Waals surface area contributed by atoms with Gasteiger partial charge in [0, 0.05) is 30.0 Å². The predicted octanol–water partition coefficient (Wildman–Crippen LogP) is 5.12. The average Bonchev–Trinajstić information content (AvgIpc) is 3.40. The van der Waals surface area contributed by atoms with E-state index in [0.29, 0.717) is 29.8 Å². The summed E-state index contributed by atoms with van der Waals surface area (Å²) in [7, 11) is 0. The number of halogens is 5. The molecule has 29 heavy (non-hydrogen) atoms. The van der Waals surface area contributed by atoms with Gasteiger partial charge in [-0.1, -0.05) is 24.3 Å². The summed E-state index contributed by atoms with van der Waals surface area (Å²) in [5.41, 5.74) is 1.80. The van der Waals surface area contributed by atoms with Crippen LogP contribution in [0.3, 0.4) is 0 Å². The van der Waals surface area contributed by atoms with Crippen molar-refractivity contribution in [1.82, 2.24) is 14.5 Å². The van der Waals surface area contributed by atoms with Gasteiger partial charge in [-0.25, -0.2) is 13.8 Å². The molecule has 1 saturated carbocycles. The van der Waals surface area contributed by atoms with Crippen LogP contribution in [0.5, 0.6) is 0 Å². The number of amides is 1. The third-order valence-electron chi connectivity index (χ3n) is 5.45. The van der Waals surface area contributed by atoms with Gasteiger partial charge in [0.15, 0.2) is 0 Å². The van der Waals surface area contributed by atoms with Crippen LogP contribution >= 0.6 is 0 Å². The Hall–Kier alpha value is -2.45. The molecule has 2 aliphatic rings. The summed E-state index contributed by atoms with van der Waals surface area (Å²) in [6.07, 6.45) is -4.35. The van der Waals surface area contributed by atoms with Crippen LogP contribution in [0.25, 0.3) is 11.3 Å². The van der Waals surface area contributed by atoms with Crippen molar-refractivity contribution in [1.29, 1.82) is 0 Å². The van der Waals surface area contributed by atoms with Gasteiger partial charge in [0.1, 0.15) is 0 Å². The molecule has 1 amide bonds. The van der Waals surface area contributed by atoms with Crippen molar-refractivity contribution in [3.05, 3.63) is 41.3 Å². The molecular formula is C20H20F5N3O. The Morgan fingerprint density at radius 1 is 1.10 bits per heavy atom. The highest BCUT2D eigenvalue weighted by molar-refractivity contribution is 5.94. The van der Waals surface area contributed by atoms with E-state index in [9.17, 15) is 26.7 Å². The second-order valence-corrected chi connectivity index (χ2v) is 7.70. The molecule has 1 fully saturated rings. The molecule has 0 unspecified atom stereocenters. The summed E-state index contributed by atoms with van der Waals surface area (Å²) in [5.74, 6) is -3.70. The molecule has 1 aromatic heterocycles. The summed E-state index contributed by atoms with van der Waals surface area (Å²) in [6, 6.07) is 5.95. The number of aryl methyl sites for hydroxylation is 1. The van der Waals surface area contributed by atoms with Gasteiger partial charge in [-0.05, 0) is 26.2 Å². The van der Waals surface area contributed by atoms with Crippen LogP contribution in [0, 0.1) is 12.8 Å². The number of hydrogen-bond acceptors (Lipinski definition) is 2. The number of rotatable bonds is 6. The predicted molar refractivity (Wildman–Crippen MR) is 95.3 cm³/mol. The van der Waals surface area contributed by atoms with Gasteiger partial charge in [0.25, 0.3) is 11.8 Å². The monoisotopic (exact) mass is 413 g/mol. The molecule has 0 spiro atoms. The number of imidazole rings is 1. The minimum Gasteiger partial charge on any atom is -0.318 e. The van der Waals surface area contributed by atoms with Crippen LogP contribution in [-0.2, 0) is 12.6 Å². The molecule has 2 heterocycles. The third-order valence-corrected chi connectivity index (χ3v) is 5.45. The summed E-state index contributed by atoms with van der Waals surface area (Å²) >= 11 is 0. The summed E-state index contributed by atoms with van der Waals surface area (Å²) in [4.78, 5) is 18.1. The maximum absolute atomic E-state index is 14.3. The zero-order valence-corrected chi connectivity index (χ0v) is 15.8. The van der Waals surface area contributed by atoms with Crippen LogP contribution in [0.2, 0.25) is 0 Å². The van der Waals surface area contributed by atoms with Crippen molar-refractivity contribution >= 4 is 5.91 Å². The Bertz CT molecular complexity index is 929. The molecule has 1 aliphatic heterocycles. The average molecular weight is 413 g/mol. The lowest BCUT2D eigenvalue weighted by atomic mass is 10.0. The fourth-order valence-corrected chi connectivity index (χ4v) is 3.79. The first-order valence-corrected chi connectivity index (χ1v) is 9.50. The number of alkyl halides is 5. The summed E-state index contributed by atoms with van der Waals surface area (Å²) in [6.45, 7) is 1.80. The second kappa shape index (κ2) is 6.81. The van der Waals surface area contributed by atoms with Crippen molar-refractivity contribution in [3.8, 4) is 11.3 Å². The molecule has 0 saturated heterocycles. The first-order chi connectivity index (χ1) is 13.6. The van der Waals surface area contributed by atoms with Crippen LogP contribution in [0.1, 0.15) is 47.6 Å². The van der Waals surface area contributed by atoms with Crippen molar-refractivity contribution < 1.29 is 26.7 Å². The van der Waals surface area contributed by atoms with Gasteiger partial charge >= 0.3 is 6.18 Å². The molecule has 156 valence electrons. The highest BCUT2D eigenvalue weighted by atomic mass is 19.4. The molecule has 1 aromatic carbocycles. The SMILES string of the molecule is Cc1nc2n(c1-c1ccc(C(F)(F)C3CC3)cc1)CN(CCCC(F)(F)F)C2=O. The number of fused-ring (bicyclic) bond motifs is 1. The second-order valence-electron chi connectivity index (χ2n) is 7.70. The van der Waals surface area contributed by atoms with E-state index in [-0.39, 0.29) is 31.0 Å². The quantitative estimate of drug-likeness (QED) is 0.617. The van der Waals surface area contributed by atoms with E-state index >= 15 is 0 Å². The molecule has 0 N–H and O–H groups in total. The van der Waals surface area contributed by atoms with Gasteiger partial charge in [0.2, 0.25) is 5.82 Å². The van der Waals surface area contributed by atoms with Gasteiger partial charge < -0.3 is 9.47 Å². The van der Waals surface area contributed by atoms with Gasteiger partial charge in [-0.2, -0.15) is 13.2 Å². The van der Waals surface area contributed by atoms with Crippen molar-refractivity contribution in [2.45, 2.75) is 51.4 Å². The van der Waals surface area contributed by atoms with Gasteiger partial charge in [-0.3, -0.25) is 4.79 Å². The van der Waals surface area contributed by atoms with E-state index < -0.39 is 30.3 Å². The van der Waals surface area contributed by atoms with E-state index in [4.69, 9.17) is 0 Å². The Morgan fingerprint density at radius 2 is 1.76 bits per heavy atom. The highest BCUT2D eigenvalue weighted by Crippen LogP contribution is 2.49. The number of aromatic nitrogens is 2. The van der Waals surface area contributed by atoms with E-state index in [1.807, 2.05) is 0 Å². The molecule has 0 bridgehead atoms. The highest BCUT2D eigenvalue weighted by Gasteiger charge is 2.47. The van der Waals surface area contributed by atoms with E-state index in [1.165, 1.54) is 17.0 Å². The molecule has 1 aliphatic carbocycles. The first-order valence-electron chi connectivity index (χ1n) is 9.50. The Kier molecular flexibility index (Phi) is 4.66. The zero-order chi connectivity index (χ0) is 21.0. The van der Waals surface area contributed by atoms with E-state index in [2.05, 4.69) is 4.98 Å². The normalized spacial score (nSPS) is 17.2. The zero-order valence-electron chi connectivity index (χ0n) is 15.8. The number of benzene rings is 1. The molecule has 4 rings (SSSR count). The minimum atomic E-state index is -4.26. The Balaban J connectivity index is 1.54. The van der Waals surface area contributed by atoms with Crippen molar-refractivity contribution in [2.75, 3.05) is 6.54 Å². The molecule has 2 aromatic rings. The maximum atomic E-state index is 14.3. The molecule has 9 heteroatoms. The molecule has 0 radical (unpaired) electrons. The topological polar surface area (TPSA) is 38.1 Å². The van der Waals surface area contributed by atoms with Crippen LogP contribution < -0.4 is 0 Å². The van der Waals surface area contributed by atoms with Crippen LogP contribution in [0.15, 0.2) is 24.3 Å². The maximum Gasteiger partial charge on any atom is 0.389 e. The molecule has 0 atom stereocenters. The van der Waals surface area contributed by atoms with Gasteiger partial charge in [-0.15, -0.1) is 0 Å². The fraction of sp³-hybridized carbons (Fsp3) is 0.500. The van der Waals surface area contributed by atoms with Gasteiger partial charge in [0.05, 0.1) is 18.1 Å². The van der Waals surface area contributed by atoms with E-state index in [0.717, 1.165) is 0 Å². The Morgan fingerprint density at radius 3 is 2.34 bits per heavy atom. The number of carbonyl (C=O) groups excluding carboxylic acids is 1. The summed E-state index contributed by atoms with van der Waals surface area (Å²) in [5, 5.41) is 0. The third kappa shape index (κ3) is 3.74. The first kappa shape index (κ1) is 19.8. The van der Waals surface area contributed by atoms with Crippen molar-refractivity contribution in [3.63, 3.8) is 0 Å². The van der Waals surface area contributed by atoms with E-state index in [1.54, 1.807) is 23.6 Å². The number of carbonyl (C=O) groups is 1. The van der Waals surface area contributed by atoms with Crippen LogP contribution in [-0.4, -0.2) is 33.1 Å². The van der Waals surface area contributed by atoms with Crippen LogP contribution in [0.4, 0.5) is 22.0 Å². The van der Waals surface area contributed by atoms with Crippen molar-refractivity contribution in [2.24, 2.45) is 5.92 Å². The summed E-state index contributed by atoms with van der Waals surface area (Å²) < 4.78 is 67.3. The lowest BCUT2D eigenvalue weighted by molar-refractivity contribution is -0.136. The lowest BCUT2D eigenvalue weighted by Crippen LogP contribution is -2.27. The smallest absolute Gasteiger partial charge is 0.318 e. The Labute approximate surface area is 164 Å². The lowest BCUT2D eigenvalue weighted by Gasteiger charge is -2.18. The molecular weight excluding hydrogens is 393 g/mol.